The first-order valence-corrected chi connectivity index (χ1v) is 7.04. The highest BCUT2D eigenvalue weighted by Crippen LogP contribution is 2.40. The van der Waals surface area contributed by atoms with Crippen LogP contribution in [0.15, 0.2) is 12.4 Å². The second-order valence-electron chi connectivity index (χ2n) is 5.41. The molecule has 124 valence electrons. The summed E-state index contributed by atoms with van der Waals surface area (Å²) < 4.78 is 40.9. The fourth-order valence-electron chi connectivity index (χ4n) is 2.54. The Labute approximate surface area is 125 Å². The van der Waals surface area contributed by atoms with Gasteiger partial charge in [-0.05, 0) is 19.4 Å². The fourth-order valence-corrected chi connectivity index (χ4v) is 2.54. The summed E-state index contributed by atoms with van der Waals surface area (Å²) in [4.78, 5) is 15.4. The zero-order valence-electron chi connectivity index (χ0n) is 12.2. The summed E-state index contributed by atoms with van der Waals surface area (Å²) >= 11 is 0. The summed E-state index contributed by atoms with van der Waals surface area (Å²) in [5.41, 5.74) is -3.10. The number of carbonyl (C=O) groups excluding carboxylic acids is 1. The van der Waals surface area contributed by atoms with E-state index in [0.717, 1.165) is 17.5 Å². The minimum absolute atomic E-state index is 0.292. The van der Waals surface area contributed by atoms with Crippen LogP contribution in [0.1, 0.15) is 25.1 Å². The van der Waals surface area contributed by atoms with Crippen molar-refractivity contribution in [2.75, 3.05) is 13.1 Å². The molecule has 6 nitrogen and oxygen atoms in total. The number of aryl methyl sites for hydroxylation is 1. The number of aliphatic hydroxyl groups is 1. The number of alkyl halides is 3. The zero-order chi connectivity index (χ0) is 16.4. The Balaban J connectivity index is 2.02. The van der Waals surface area contributed by atoms with Crippen LogP contribution in [0.4, 0.5) is 13.2 Å². The van der Waals surface area contributed by atoms with Crippen molar-refractivity contribution >= 4 is 5.91 Å². The van der Waals surface area contributed by atoms with Crippen LogP contribution in [0, 0.1) is 0 Å². The van der Waals surface area contributed by atoms with Crippen LogP contribution in [0.5, 0.6) is 0 Å². The molecule has 1 aromatic rings. The Hall–Kier alpha value is -1.61. The summed E-state index contributed by atoms with van der Waals surface area (Å²) in [5.74, 6) is -0.838. The molecule has 1 aliphatic rings. The van der Waals surface area contributed by atoms with Gasteiger partial charge in [-0.25, -0.2) is 4.98 Å². The van der Waals surface area contributed by atoms with Crippen LogP contribution in [-0.4, -0.2) is 45.9 Å². The van der Waals surface area contributed by atoms with Crippen LogP contribution in [-0.2, 0) is 17.4 Å². The number of hydrogen-bond acceptors (Lipinski definition) is 4. The molecule has 22 heavy (non-hydrogen) atoms. The van der Waals surface area contributed by atoms with Gasteiger partial charge in [0.1, 0.15) is 5.82 Å². The summed E-state index contributed by atoms with van der Waals surface area (Å²) in [5, 5.41) is 15.5. The van der Waals surface area contributed by atoms with E-state index in [1.165, 1.54) is 19.4 Å². The maximum Gasteiger partial charge on any atom is 0.424 e. The predicted molar refractivity (Wildman–Crippen MR) is 71.8 cm³/mol. The highest BCUT2D eigenvalue weighted by molar-refractivity contribution is 5.81. The first kappa shape index (κ1) is 16.8. The fraction of sp³-hybridized carbons (Fsp3) is 0.692. The summed E-state index contributed by atoms with van der Waals surface area (Å²) in [7, 11) is 1.38. The van der Waals surface area contributed by atoms with E-state index in [0.29, 0.717) is 6.42 Å². The Kier molecular flexibility index (Phi) is 4.76. The number of nitrogens with one attached hydrogen (secondary N) is 2. The summed E-state index contributed by atoms with van der Waals surface area (Å²) in [6, 6.07) is -0.368. The van der Waals surface area contributed by atoms with Crippen molar-refractivity contribution in [1.29, 1.82) is 0 Å². The lowest BCUT2D eigenvalue weighted by Crippen LogP contribution is -2.48. The Morgan fingerprint density at radius 1 is 1.59 bits per heavy atom. The van der Waals surface area contributed by atoms with E-state index in [4.69, 9.17) is 0 Å². The molecule has 3 N–H and O–H groups in total. The van der Waals surface area contributed by atoms with Gasteiger partial charge in [0.15, 0.2) is 0 Å². The first-order valence-electron chi connectivity index (χ1n) is 7.04. The third kappa shape index (κ3) is 3.25. The van der Waals surface area contributed by atoms with E-state index in [1.54, 1.807) is 0 Å². The second kappa shape index (κ2) is 6.25. The monoisotopic (exact) mass is 320 g/mol. The molecule has 2 heterocycles. The molecule has 0 radical (unpaired) electrons. The van der Waals surface area contributed by atoms with Gasteiger partial charge >= 0.3 is 6.18 Å². The lowest BCUT2D eigenvalue weighted by molar-refractivity contribution is -0.272. The molecular weight excluding hydrogens is 301 g/mol. The molecule has 0 bridgehead atoms. The van der Waals surface area contributed by atoms with Crippen molar-refractivity contribution in [3.63, 3.8) is 0 Å². The summed E-state index contributed by atoms with van der Waals surface area (Å²) in [6.45, 7) is 0.428. The quantitative estimate of drug-likeness (QED) is 0.735. The van der Waals surface area contributed by atoms with Gasteiger partial charge in [-0.15, -0.1) is 0 Å². The first-order chi connectivity index (χ1) is 10.3. The van der Waals surface area contributed by atoms with E-state index in [2.05, 4.69) is 15.6 Å². The average molecular weight is 320 g/mol. The number of amides is 1. The van der Waals surface area contributed by atoms with Gasteiger partial charge < -0.3 is 20.3 Å². The number of rotatable bonds is 5. The minimum atomic E-state index is -4.89. The van der Waals surface area contributed by atoms with Gasteiger partial charge in [0.05, 0.1) is 6.04 Å². The van der Waals surface area contributed by atoms with E-state index < -0.39 is 24.0 Å². The van der Waals surface area contributed by atoms with Gasteiger partial charge in [0.25, 0.3) is 0 Å². The van der Waals surface area contributed by atoms with Crippen LogP contribution in [0.2, 0.25) is 0 Å². The maximum atomic E-state index is 13.2. The van der Waals surface area contributed by atoms with Crippen LogP contribution in [0.3, 0.4) is 0 Å². The van der Waals surface area contributed by atoms with Crippen molar-refractivity contribution in [3.05, 3.63) is 18.2 Å². The van der Waals surface area contributed by atoms with Crippen LogP contribution < -0.4 is 10.6 Å². The highest BCUT2D eigenvalue weighted by atomic mass is 19.4. The molecule has 0 aromatic carbocycles. The number of hydrogen-bond donors (Lipinski definition) is 3. The predicted octanol–water partition coefficient (Wildman–Crippen LogP) is 0.428. The molecule has 2 rings (SSSR count). The van der Waals surface area contributed by atoms with Gasteiger partial charge in [0.2, 0.25) is 11.5 Å². The number of aromatic nitrogens is 2. The van der Waals surface area contributed by atoms with Crippen molar-refractivity contribution in [3.8, 4) is 0 Å². The lowest BCUT2D eigenvalue weighted by Gasteiger charge is -2.30. The lowest BCUT2D eigenvalue weighted by atomic mass is 9.97. The highest BCUT2D eigenvalue weighted by Gasteiger charge is 2.57. The van der Waals surface area contributed by atoms with Gasteiger partial charge in [-0.2, -0.15) is 13.2 Å². The smallest absolute Gasteiger partial charge is 0.374 e. The number of imidazole rings is 1. The van der Waals surface area contributed by atoms with E-state index >= 15 is 0 Å². The Morgan fingerprint density at radius 3 is 2.82 bits per heavy atom. The summed E-state index contributed by atoms with van der Waals surface area (Å²) in [6.07, 6.45) is -1.55. The third-order valence-corrected chi connectivity index (χ3v) is 3.82. The molecule has 9 heteroatoms. The molecule has 1 amide bonds. The van der Waals surface area contributed by atoms with Crippen molar-refractivity contribution < 1.29 is 23.1 Å². The Morgan fingerprint density at radius 2 is 2.32 bits per heavy atom. The zero-order valence-corrected chi connectivity index (χ0v) is 12.2. The molecule has 1 saturated heterocycles. The van der Waals surface area contributed by atoms with E-state index in [1.807, 2.05) is 0 Å². The standard InChI is InChI=1S/C13H19F3N4O2/c1-20-8-7-19-11(20)12(22,13(14,15)16)4-6-18-10(21)9-3-2-5-17-9/h7-9,17,22H,2-6H2,1H3,(H,18,21)/t9-,12+/m1/s1. The molecule has 1 aliphatic heterocycles. The molecule has 0 spiro atoms. The largest absolute Gasteiger partial charge is 0.424 e. The molecular formula is C13H19F3N4O2. The van der Waals surface area contributed by atoms with Gasteiger partial charge in [0, 0.05) is 32.4 Å². The normalized spacial score (nSPS) is 21.6. The van der Waals surface area contributed by atoms with Crippen molar-refractivity contribution in [2.45, 2.75) is 37.1 Å². The van der Waals surface area contributed by atoms with E-state index in [9.17, 15) is 23.1 Å². The molecule has 0 saturated carbocycles. The van der Waals surface area contributed by atoms with Crippen molar-refractivity contribution in [1.82, 2.24) is 20.2 Å². The van der Waals surface area contributed by atoms with Crippen LogP contribution >= 0.6 is 0 Å². The van der Waals surface area contributed by atoms with E-state index in [-0.39, 0.29) is 18.5 Å². The maximum absolute atomic E-state index is 13.2. The number of carbonyl (C=O) groups is 1. The second-order valence-corrected chi connectivity index (χ2v) is 5.41. The average Bonchev–Trinajstić information content (AvgIpc) is 3.07. The topological polar surface area (TPSA) is 79.2 Å². The molecule has 0 unspecified atom stereocenters. The van der Waals surface area contributed by atoms with Crippen molar-refractivity contribution in [2.24, 2.45) is 7.05 Å². The van der Waals surface area contributed by atoms with Gasteiger partial charge in [-0.1, -0.05) is 0 Å². The molecule has 1 fully saturated rings. The minimum Gasteiger partial charge on any atom is -0.374 e. The Bertz CT molecular complexity index is 526. The number of nitrogens with zero attached hydrogens (tertiary/aromatic N) is 2. The van der Waals surface area contributed by atoms with Gasteiger partial charge in [-0.3, -0.25) is 4.79 Å². The molecule has 2 atom stereocenters. The third-order valence-electron chi connectivity index (χ3n) is 3.82. The van der Waals surface area contributed by atoms with Crippen LogP contribution in [0.25, 0.3) is 0 Å². The molecule has 1 aromatic heterocycles. The number of halogens is 3. The molecule has 0 aliphatic carbocycles. The SMILES string of the molecule is Cn1ccnc1[C@@](O)(CCNC(=O)[C@H]1CCCN1)C(F)(F)F.